The molecule has 8 heteroatoms. The SMILES string of the molecule is FC(F)(F)C1(F)OC1(F)F.[PoH2]. The maximum atomic E-state index is 11.7. The molecule has 1 fully saturated rings. The molecule has 0 amide bonds. The maximum absolute atomic E-state index is 11.7. The minimum absolute atomic E-state index is 0. The van der Waals surface area contributed by atoms with Crippen LogP contribution in [0.5, 0.6) is 0 Å². The van der Waals surface area contributed by atoms with Crippen molar-refractivity contribution < 1.29 is 31.1 Å². The monoisotopic (exact) mass is 377 g/mol. The molecule has 1 aliphatic heterocycles. The van der Waals surface area contributed by atoms with Crippen LogP contribution in [0.15, 0.2) is 0 Å². The summed E-state index contributed by atoms with van der Waals surface area (Å²) in [5, 5.41) is 0. The summed E-state index contributed by atoms with van der Waals surface area (Å²) < 4.78 is 70.4. The van der Waals surface area contributed by atoms with Crippen LogP contribution in [0.3, 0.4) is 0 Å². The number of alkyl halides is 6. The molecule has 0 aromatic carbocycles. The zero-order chi connectivity index (χ0) is 8.21. The van der Waals surface area contributed by atoms with Gasteiger partial charge in [0.15, 0.2) is 0 Å². The normalized spacial score (nSPS) is 34.4. The third-order valence-electron chi connectivity index (χ3n) is 0.966. The summed E-state index contributed by atoms with van der Waals surface area (Å²) in [4.78, 5) is 0. The topological polar surface area (TPSA) is 12.5 Å². The fourth-order valence-electron chi connectivity index (χ4n) is 0.374. The molecular weight excluding hydrogens is 375 g/mol. The summed E-state index contributed by atoms with van der Waals surface area (Å²) in [6.45, 7) is 0. The van der Waals surface area contributed by atoms with Crippen LogP contribution >= 0.6 is 0 Å². The van der Waals surface area contributed by atoms with Crippen molar-refractivity contribution in [1.29, 1.82) is 0 Å². The summed E-state index contributed by atoms with van der Waals surface area (Å²) >= 11 is 0. The number of ether oxygens (including phenoxy) is 1. The van der Waals surface area contributed by atoms with E-state index in [-0.39, 0.29) is 26.6 Å². The Morgan fingerprint density at radius 2 is 1.27 bits per heavy atom. The Kier molecular flexibility index (Phi) is 2.56. The summed E-state index contributed by atoms with van der Waals surface area (Å²) in [5.41, 5.74) is 0. The second-order valence-corrected chi connectivity index (χ2v) is 1.71. The fourth-order valence-corrected chi connectivity index (χ4v) is 0.374. The molecule has 0 bridgehead atoms. The van der Waals surface area contributed by atoms with Gasteiger partial charge in [0.1, 0.15) is 0 Å². The van der Waals surface area contributed by atoms with E-state index in [9.17, 15) is 26.3 Å². The van der Waals surface area contributed by atoms with Crippen LogP contribution in [0, 0.1) is 0 Å². The van der Waals surface area contributed by atoms with Crippen molar-refractivity contribution in [3.8, 4) is 0 Å². The molecule has 1 nitrogen and oxygen atoms in total. The molecule has 68 valence electrons. The molecule has 0 aromatic heterocycles. The van der Waals surface area contributed by atoms with Crippen molar-refractivity contribution in [3.05, 3.63) is 0 Å². The van der Waals surface area contributed by atoms with E-state index in [1.807, 2.05) is 0 Å². The molecule has 0 aromatic rings. The van der Waals surface area contributed by atoms with Crippen molar-refractivity contribution in [2.75, 3.05) is 0 Å². The zero-order valence-corrected chi connectivity index (χ0v) is 8.56. The first-order chi connectivity index (χ1) is 4.21. The van der Waals surface area contributed by atoms with Gasteiger partial charge < -0.3 is 0 Å². The van der Waals surface area contributed by atoms with Gasteiger partial charge in [-0.3, -0.25) is 4.74 Å². The molecule has 0 saturated carbocycles. The van der Waals surface area contributed by atoms with Crippen LogP contribution in [-0.2, 0) is 4.74 Å². The summed E-state index contributed by atoms with van der Waals surface area (Å²) in [7, 11) is 0. The average molecular weight is 377 g/mol. The summed E-state index contributed by atoms with van der Waals surface area (Å²) in [5.74, 6) is -4.75. The number of halogens is 6. The van der Waals surface area contributed by atoms with Gasteiger partial charge in [-0.05, 0) is 0 Å². The third kappa shape index (κ3) is 1.48. The van der Waals surface area contributed by atoms with Crippen molar-refractivity contribution in [2.45, 2.75) is 18.1 Å². The second-order valence-electron chi connectivity index (χ2n) is 1.71. The molecule has 1 unspecified atom stereocenters. The third-order valence-corrected chi connectivity index (χ3v) is 0.966. The van der Waals surface area contributed by atoms with Crippen molar-refractivity contribution >= 4 is 26.6 Å². The van der Waals surface area contributed by atoms with Gasteiger partial charge in [-0.15, -0.1) is 0 Å². The number of rotatable bonds is 0. The van der Waals surface area contributed by atoms with E-state index in [1.165, 1.54) is 0 Å². The Balaban J connectivity index is 0.000001000. The van der Waals surface area contributed by atoms with Crippen LogP contribution < -0.4 is 0 Å². The predicted octanol–water partition coefficient (Wildman–Crippen LogP) is 0.921. The predicted molar refractivity (Wildman–Crippen MR) is 24.5 cm³/mol. The molecule has 1 rings (SSSR count). The Labute approximate surface area is 76.2 Å². The van der Waals surface area contributed by atoms with Crippen molar-refractivity contribution in [3.63, 3.8) is 0 Å². The van der Waals surface area contributed by atoms with Gasteiger partial charge in [0.25, 0.3) is 0 Å². The number of hydrogen-bond donors (Lipinski definition) is 0. The van der Waals surface area contributed by atoms with Crippen LogP contribution in [0.4, 0.5) is 26.3 Å². The standard InChI is InChI=1S/C3F6O.Po.2H/c4-1(2(5,6)7)3(8,9)10-1;;;. The van der Waals surface area contributed by atoms with E-state index in [4.69, 9.17) is 0 Å². The molecular formula is C3H2F6OPo. The van der Waals surface area contributed by atoms with Crippen molar-refractivity contribution in [2.24, 2.45) is 0 Å². The first kappa shape index (κ1) is 11.4. The van der Waals surface area contributed by atoms with Crippen LogP contribution in [0.2, 0.25) is 0 Å². The van der Waals surface area contributed by atoms with E-state index >= 15 is 0 Å². The van der Waals surface area contributed by atoms with Gasteiger partial charge in [-0.2, -0.15) is 26.3 Å². The van der Waals surface area contributed by atoms with E-state index in [2.05, 4.69) is 4.74 Å². The molecule has 1 aliphatic rings. The molecule has 0 radical (unpaired) electrons. The van der Waals surface area contributed by atoms with Crippen LogP contribution in [0.1, 0.15) is 0 Å². The van der Waals surface area contributed by atoms with E-state index < -0.39 is 18.1 Å². The van der Waals surface area contributed by atoms with E-state index in [1.54, 1.807) is 0 Å². The quantitative estimate of drug-likeness (QED) is 0.452. The number of epoxide rings is 1. The van der Waals surface area contributed by atoms with Crippen LogP contribution in [0.25, 0.3) is 0 Å². The van der Waals surface area contributed by atoms with Gasteiger partial charge in [-0.1, -0.05) is 0 Å². The van der Waals surface area contributed by atoms with Crippen LogP contribution in [-0.4, -0.2) is 44.7 Å². The Hall–Kier alpha value is 0.436. The second kappa shape index (κ2) is 2.46. The molecule has 1 atom stereocenters. The summed E-state index contributed by atoms with van der Waals surface area (Å²) in [6, 6.07) is 0. The van der Waals surface area contributed by atoms with E-state index in [0.29, 0.717) is 0 Å². The van der Waals surface area contributed by atoms with Gasteiger partial charge >= 0.3 is 44.7 Å². The Bertz CT molecular complexity index is 166. The number of hydrogen-bond acceptors (Lipinski definition) is 1. The van der Waals surface area contributed by atoms with Gasteiger partial charge in [0.05, 0.1) is 0 Å². The molecule has 0 N–H and O–H groups in total. The molecule has 0 aliphatic carbocycles. The van der Waals surface area contributed by atoms with E-state index in [0.717, 1.165) is 0 Å². The molecule has 1 saturated heterocycles. The molecule has 11 heavy (non-hydrogen) atoms. The van der Waals surface area contributed by atoms with Gasteiger partial charge in [-0.25, -0.2) is 0 Å². The molecule has 1 heterocycles. The van der Waals surface area contributed by atoms with Crippen molar-refractivity contribution in [1.82, 2.24) is 0 Å². The first-order valence-corrected chi connectivity index (χ1v) is 2.04. The Morgan fingerprint density at radius 3 is 1.27 bits per heavy atom. The summed E-state index contributed by atoms with van der Waals surface area (Å²) in [6.07, 6.45) is -10.4. The Morgan fingerprint density at radius 1 is 1.00 bits per heavy atom. The minimum atomic E-state index is -5.66. The zero-order valence-electron chi connectivity index (χ0n) is 4.68. The van der Waals surface area contributed by atoms with Gasteiger partial charge in [0, 0.05) is 0 Å². The fraction of sp³-hybridized carbons (Fsp3) is 1.00. The first-order valence-electron chi connectivity index (χ1n) is 2.04. The van der Waals surface area contributed by atoms with Gasteiger partial charge in [0.2, 0.25) is 0 Å². The average Bonchev–Trinajstić information content (AvgIpc) is 2.05. The molecule has 0 spiro atoms.